The van der Waals surface area contributed by atoms with E-state index in [0.29, 0.717) is 5.57 Å². The predicted octanol–water partition coefficient (Wildman–Crippen LogP) is 2.41. The van der Waals surface area contributed by atoms with Crippen LogP contribution in [0.1, 0.15) is 47.5 Å². The maximum atomic E-state index is 11.6. The number of nitrogens with one attached hydrogen (secondary N) is 2. The minimum absolute atomic E-state index is 0. The number of hydrogen-bond donors (Lipinski definition) is 2. The lowest BCUT2D eigenvalue weighted by Crippen LogP contribution is -2.62. The van der Waals surface area contributed by atoms with Crippen molar-refractivity contribution in [1.82, 2.24) is 10.6 Å². The third-order valence-corrected chi connectivity index (χ3v) is 2.91. The Kier molecular flexibility index (Phi) is 5.23. The molecule has 4 heteroatoms. The van der Waals surface area contributed by atoms with Crippen molar-refractivity contribution in [3.8, 4) is 0 Å². The van der Waals surface area contributed by atoms with Crippen LogP contribution in [0, 0.1) is 0 Å². The standard InChI is InChI=1S/C13H24N2O.ClH/c1-9(2)11(16)14-10-7-12(3,4)15-13(5,6)8-10;/h10,15H,1,7-8H2,2-6H3,(H,14,16);1H. The Morgan fingerprint density at radius 3 is 2.00 bits per heavy atom. The molecule has 100 valence electrons. The number of piperidine rings is 1. The SMILES string of the molecule is C=C(C)C(=O)NC1CC(C)(C)NC(C)(C)C1.Cl. The molecule has 0 atom stereocenters. The Morgan fingerprint density at radius 1 is 1.24 bits per heavy atom. The molecular formula is C13H25ClN2O. The first-order valence-electron chi connectivity index (χ1n) is 5.87. The fraction of sp³-hybridized carbons (Fsp3) is 0.769. The maximum Gasteiger partial charge on any atom is 0.246 e. The average molecular weight is 261 g/mol. The van der Waals surface area contributed by atoms with Crippen molar-refractivity contribution in [2.75, 3.05) is 0 Å². The molecule has 1 aliphatic heterocycles. The summed E-state index contributed by atoms with van der Waals surface area (Å²) in [7, 11) is 0. The van der Waals surface area contributed by atoms with E-state index in [1.807, 2.05) is 0 Å². The van der Waals surface area contributed by atoms with Crippen molar-refractivity contribution >= 4 is 18.3 Å². The van der Waals surface area contributed by atoms with Crippen LogP contribution in [-0.4, -0.2) is 23.0 Å². The van der Waals surface area contributed by atoms with Gasteiger partial charge in [0.25, 0.3) is 0 Å². The molecule has 1 aliphatic rings. The van der Waals surface area contributed by atoms with Gasteiger partial charge in [0.2, 0.25) is 5.91 Å². The highest BCUT2D eigenvalue weighted by atomic mass is 35.5. The van der Waals surface area contributed by atoms with Crippen LogP contribution >= 0.6 is 12.4 Å². The zero-order chi connectivity index (χ0) is 12.6. The molecule has 1 rings (SSSR count). The summed E-state index contributed by atoms with van der Waals surface area (Å²) < 4.78 is 0. The summed E-state index contributed by atoms with van der Waals surface area (Å²) >= 11 is 0. The molecule has 17 heavy (non-hydrogen) atoms. The second-order valence-corrected chi connectivity index (χ2v) is 6.25. The van der Waals surface area contributed by atoms with Gasteiger partial charge < -0.3 is 10.6 Å². The minimum atomic E-state index is -0.0292. The van der Waals surface area contributed by atoms with Crippen molar-refractivity contribution in [3.05, 3.63) is 12.2 Å². The molecule has 0 aliphatic carbocycles. The highest BCUT2D eigenvalue weighted by Crippen LogP contribution is 2.28. The lowest BCUT2D eigenvalue weighted by Gasteiger charge is -2.46. The van der Waals surface area contributed by atoms with Gasteiger partial charge >= 0.3 is 0 Å². The van der Waals surface area contributed by atoms with Crippen molar-refractivity contribution < 1.29 is 4.79 Å². The van der Waals surface area contributed by atoms with Gasteiger partial charge in [0, 0.05) is 22.7 Å². The molecule has 0 aromatic carbocycles. The van der Waals surface area contributed by atoms with Gasteiger partial charge in [-0.3, -0.25) is 4.79 Å². The van der Waals surface area contributed by atoms with Gasteiger partial charge in [-0.15, -0.1) is 12.4 Å². The molecule has 0 aromatic rings. The van der Waals surface area contributed by atoms with E-state index in [4.69, 9.17) is 0 Å². The molecule has 0 unspecified atom stereocenters. The zero-order valence-electron chi connectivity index (χ0n) is 11.5. The van der Waals surface area contributed by atoms with Crippen LogP contribution in [0.2, 0.25) is 0 Å². The van der Waals surface area contributed by atoms with Crippen LogP contribution in [-0.2, 0) is 4.79 Å². The van der Waals surface area contributed by atoms with E-state index in [0.717, 1.165) is 12.8 Å². The summed E-state index contributed by atoms with van der Waals surface area (Å²) in [6.07, 6.45) is 1.91. The number of rotatable bonds is 2. The molecule has 0 bridgehead atoms. The first kappa shape index (κ1) is 16.5. The van der Waals surface area contributed by atoms with Crippen LogP contribution in [0.5, 0.6) is 0 Å². The molecule has 0 aromatic heterocycles. The summed E-state index contributed by atoms with van der Waals surface area (Å²) in [6.45, 7) is 14.1. The molecule has 1 fully saturated rings. The molecule has 1 heterocycles. The fourth-order valence-electron chi connectivity index (χ4n) is 2.73. The summed E-state index contributed by atoms with van der Waals surface area (Å²) in [5.74, 6) is -0.0292. The Labute approximate surface area is 111 Å². The molecule has 0 spiro atoms. The van der Waals surface area contributed by atoms with Crippen LogP contribution in [0.15, 0.2) is 12.2 Å². The third-order valence-electron chi connectivity index (χ3n) is 2.91. The Bertz CT molecular complexity index is 295. The number of amides is 1. The van der Waals surface area contributed by atoms with Gasteiger partial charge in [0.05, 0.1) is 0 Å². The quantitative estimate of drug-likeness (QED) is 0.749. The van der Waals surface area contributed by atoms with E-state index in [2.05, 4.69) is 44.9 Å². The van der Waals surface area contributed by atoms with Crippen LogP contribution in [0.4, 0.5) is 0 Å². The lowest BCUT2D eigenvalue weighted by molar-refractivity contribution is -0.118. The lowest BCUT2D eigenvalue weighted by atomic mass is 9.79. The highest BCUT2D eigenvalue weighted by Gasteiger charge is 2.38. The number of hydrogen-bond acceptors (Lipinski definition) is 2. The van der Waals surface area contributed by atoms with E-state index in [1.54, 1.807) is 6.92 Å². The number of halogens is 1. The first-order chi connectivity index (χ1) is 7.11. The molecule has 2 N–H and O–H groups in total. The molecule has 3 nitrogen and oxygen atoms in total. The van der Waals surface area contributed by atoms with Crippen molar-refractivity contribution in [3.63, 3.8) is 0 Å². The summed E-state index contributed by atoms with van der Waals surface area (Å²) in [5, 5.41) is 6.64. The number of carbonyl (C=O) groups excluding carboxylic acids is 1. The predicted molar refractivity (Wildman–Crippen MR) is 74.5 cm³/mol. The fourth-order valence-corrected chi connectivity index (χ4v) is 2.73. The third kappa shape index (κ3) is 5.09. The van der Waals surface area contributed by atoms with E-state index in [1.165, 1.54) is 0 Å². The second kappa shape index (κ2) is 5.40. The van der Waals surface area contributed by atoms with Gasteiger partial charge in [-0.05, 0) is 47.5 Å². The Morgan fingerprint density at radius 2 is 1.65 bits per heavy atom. The van der Waals surface area contributed by atoms with E-state index >= 15 is 0 Å². The molecule has 0 saturated carbocycles. The van der Waals surface area contributed by atoms with Crippen molar-refractivity contribution in [2.24, 2.45) is 0 Å². The van der Waals surface area contributed by atoms with Crippen LogP contribution < -0.4 is 10.6 Å². The van der Waals surface area contributed by atoms with Crippen LogP contribution in [0.3, 0.4) is 0 Å². The molecule has 1 amide bonds. The van der Waals surface area contributed by atoms with Crippen LogP contribution in [0.25, 0.3) is 0 Å². The smallest absolute Gasteiger partial charge is 0.246 e. The Hall–Kier alpha value is -0.540. The zero-order valence-corrected chi connectivity index (χ0v) is 12.3. The maximum absolute atomic E-state index is 11.6. The van der Waals surface area contributed by atoms with E-state index in [-0.39, 0.29) is 35.4 Å². The monoisotopic (exact) mass is 260 g/mol. The van der Waals surface area contributed by atoms with E-state index in [9.17, 15) is 4.79 Å². The van der Waals surface area contributed by atoms with Gasteiger partial charge in [-0.2, -0.15) is 0 Å². The molecular weight excluding hydrogens is 236 g/mol. The van der Waals surface area contributed by atoms with Gasteiger partial charge in [-0.1, -0.05) is 6.58 Å². The summed E-state index contributed by atoms with van der Waals surface area (Å²) in [6, 6.07) is 0.232. The molecule has 1 saturated heterocycles. The number of carbonyl (C=O) groups is 1. The van der Waals surface area contributed by atoms with Gasteiger partial charge in [-0.25, -0.2) is 0 Å². The summed E-state index contributed by atoms with van der Waals surface area (Å²) in [4.78, 5) is 11.6. The van der Waals surface area contributed by atoms with Gasteiger partial charge in [0.1, 0.15) is 0 Å². The Balaban J connectivity index is 0.00000256. The second-order valence-electron chi connectivity index (χ2n) is 6.25. The summed E-state index contributed by atoms with van der Waals surface area (Å²) in [5.41, 5.74) is 0.706. The normalized spacial score (nSPS) is 22.4. The van der Waals surface area contributed by atoms with Crippen molar-refractivity contribution in [1.29, 1.82) is 0 Å². The minimum Gasteiger partial charge on any atom is -0.349 e. The topological polar surface area (TPSA) is 41.1 Å². The highest BCUT2D eigenvalue weighted by molar-refractivity contribution is 5.92. The molecule has 0 radical (unpaired) electrons. The van der Waals surface area contributed by atoms with Crippen molar-refractivity contribution in [2.45, 2.75) is 64.6 Å². The van der Waals surface area contributed by atoms with Gasteiger partial charge in [0.15, 0.2) is 0 Å². The average Bonchev–Trinajstić information content (AvgIpc) is 1.96. The largest absolute Gasteiger partial charge is 0.349 e. The first-order valence-corrected chi connectivity index (χ1v) is 5.87. The van der Waals surface area contributed by atoms with E-state index < -0.39 is 0 Å².